The second-order valence-corrected chi connectivity index (χ2v) is 4.24. The van der Waals surface area contributed by atoms with Gasteiger partial charge in [-0.05, 0) is 6.07 Å². The lowest BCUT2D eigenvalue weighted by molar-refractivity contribution is -0.385. The van der Waals surface area contributed by atoms with Crippen LogP contribution in [0.4, 0.5) is 5.69 Å². The molecule has 1 aromatic carbocycles. The highest BCUT2D eigenvalue weighted by Gasteiger charge is 2.16. The average molecular weight is 283 g/mol. The summed E-state index contributed by atoms with van der Waals surface area (Å²) in [6, 6.07) is 4.58. The van der Waals surface area contributed by atoms with Gasteiger partial charge >= 0.3 is 0 Å². The number of nitrogens with zero attached hydrogens (tertiary/aromatic N) is 3. The van der Waals surface area contributed by atoms with Crippen LogP contribution in [-0.4, -0.2) is 15.1 Å². The summed E-state index contributed by atoms with van der Waals surface area (Å²) in [5.74, 6) is 0.965. The average Bonchev–Trinajstić information content (AvgIpc) is 2.77. The lowest BCUT2D eigenvalue weighted by Gasteiger charge is -2.05. The smallest absolute Gasteiger partial charge is 0.275 e. The Hall–Kier alpha value is -1.99. The zero-order valence-corrected chi connectivity index (χ0v) is 10.8. The number of halogens is 1. The van der Waals surface area contributed by atoms with E-state index < -0.39 is 4.92 Å². The molecule has 0 radical (unpaired) electrons. The number of aromatic nitrogens is 2. The van der Waals surface area contributed by atoms with Crippen molar-refractivity contribution in [2.75, 3.05) is 0 Å². The summed E-state index contributed by atoms with van der Waals surface area (Å²) in [5.41, 5.74) is 0.429. The third-order valence-corrected chi connectivity index (χ3v) is 2.80. The number of hydrogen-bond acceptors (Lipinski definition) is 6. The van der Waals surface area contributed by atoms with Crippen LogP contribution in [0.2, 0.25) is 5.02 Å². The molecule has 0 aliphatic rings. The van der Waals surface area contributed by atoms with Gasteiger partial charge in [-0.2, -0.15) is 4.98 Å². The maximum Gasteiger partial charge on any atom is 0.275 e. The Kier molecular flexibility index (Phi) is 4.08. The van der Waals surface area contributed by atoms with Crippen molar-refractivity contribution in [3.05, 3.63) is 50.6 Å². The minimum absolute atomic E-state index is 0.00991. The summed E-state index contributed by atoms with van der Waals surface area (Å²) in [6.45, 7) is 2.29. The van der Waals surface area contributed by atoms with E-state index in [9.17, 15) is 10.1 Å². The molecule has 0 fully saturated rings. The Morgan fingerprint density at radius 3 is 2.89 bits per heavy atom. The molecule has 19 heavy (non-hydrogen) atoms. The second kappa shape index (κ2) is 5.77. The number of aryl methyl sites for hydroxylation is 1. The molecule has 7 nitrogen and oxygen atoms in total. The Labute approximate surface area is 113 Å². The number of nitrogens with one attached hydrogen (secondary N) is 1. The van der Waals surface area contributed by atoms with Crippen molar-refractivity contribution in [1.82, 2.24) is 15.5 Å². The maximum absolute atomic E-state index is 10.9. The quantitative estimate of drug-likeness (QED) is 0.667. The van der Waals surface area contributed by atoms with Crippen molar-refractivity contribution in [3.8, 4) is 0 Å². The number of nitro groups is 1. The molecule has 1 aromatic heterocycles. The van der Waals surface area contributed by atoms with Gasteiger partial charge in [0.15, 0.2) is 5.82 Å². The topological polar surface area (TPSA) is 94.1 Å². The lowest BCUT2D eigenvalue weighted by Crippen LogP contribution is -2.15. The van der Waals surface area contributed by atoms with Crippen LogP contribution in [0.25, 0.3) is 0 Å². The van der Waals surface area contributed by atoms with E-state index in [-0.39, 0.29) is 12.2 Å². The van der Waals surface area contributed by atoms with Crippen LogP contribution in [-0.2, 0) is 13.1 Å². The van der Waals surface area contributed by atoms with Gasteiger partial charge < -0.3 is 9.84 Å². The predicted molar refractivity (Wildman–Crippen MR) is 67.7 cm³/mol. The van der Waals surface area contributed by atoms with Gasteiger partial charge in [-0.25, -0.2) is 0 Å². The third-order valence-electron chi connectivity index (χ3n) is 2.45. The Morgan fingerprint density at radius 2 is 2.26 bits per heavy atom. The standard InChI is InChI=1S/C11H11ClN4O3/c1-7-14-11(15-19-7)6-13-5-8-9(12)3-2-4-10(8)16(17)18/h2-4,13H,5-6H2,1H3. The summed E-state index contributed by atoms with van der Waals surface area (Å²) >= 11 is 5.97. The highest BCUT2D eigenvalue weighted by atomic mass is 35.5. The van der Waals surface area contributed by atoms with E-state index in [1.54, 1.807) is 19.1 Å². The Morgan fingerprint density at radius 1 is 1.47 bits per heavy atom. The number of rotatable bonds is 5. The van der Waals surface area contributed by atoms with Crippen LogP contribution in [0.5, 0.6) is 0 Å². The minimum atomic E-state index is -0.457. The number of benzene rings is 1. The van der Waals surface area contributed by atoms with Crippen molar-refractivity contribution < 1.29 is 9.45 Å². The molecule has 8 heteroatoms. The fourth-order valence-corrected chi connectivity index (χ4v) is 1.84. The van der Waals surface area contributed by atoms with Crippen LogP contribution in [0.1, 0.15) is 17.3 Å². The fraction of sp³-hybridized carbons (Fsp3) is 0.273. The van der Waals surface area contributed by atoms with Crippen LogP contribution in [0.15, 0.2) is 22.7 Å². The van der Waals surface area contributed by atoms with Gasteiger partial charge in [-0.1, -0.05) is 22.8 Å². The highest BCUT2D eigenvalue weighted by molar-refractivity contribution is 6.31. The molecule has 0 amide bonds. The molecule has 100 valence electrons. The first-order valence-corrected chi connectivity index (χ1v) is 5.87. The van der Waals surface area contributed by atoms with Gasteiger partial charge in [-0.15, -0.1) is 0 Å². The summed E-state index contributed by atoms with van der Waals surface area (Å²) in [4.78, 5) is 14.4. The second-order valence-electron chi connectivity index (χ2n) is 3.83. The fourth-order valence-electron chi connectivity index (χ4n) is 1.61. The first-order chi connectivity index (χ1) is 9.08. The van der Waals surface area contributed by atoms with Crippen molar-refractivity contribution in [1.29, 1.82) is 0 Å². The normalized spacial score (nSPS) is 10.6. The van der Waals surface area contributed by atoms with Gasteiger partial charge in [0.05, 0.1) is 22.1 Å². The van der Waals surface area contributed by atoms with Crippen LogP contribution < -0.4 is 5.32 Å². The molecular formula is C11H11ClN4O3. The lowest BCUT2D eigenvalue weighted by atomic mass is 10.2. The summed E-state index contributed by atoms with van der Waals surface area (Å²) in [6.07, 6.45) is 0. The zero-order chi connectivity index (χ0) is 13.8. The molecule has 0 aliphatic carbocycles. The van der Waals surface area contributed by atoms with E-state index in [0.717, 1.165) is 0 Å². The molecule has 1 heterocycles. The van der Waals surface area contributed by atoms with E-state index in [1.165, 1.54) is 6.07 Å². The van der Waals surface area contributed by atoms with Crippen LogP contribution >= 0.6 is 11.6 Å². The number of hydrogen-bond donors (Lipinski definition) is 1. The van der Waals surface area contributed by atoms with Crippen molar-refractivity contribution >= 4 is 17.3 Å². The minimum Gasteiger partial charge on any atom is -0.340 e. The van der Waals surface area contributed by atoms with Gasteiger partial charge in [0, 0.05) is 19.5 Å². The van der Waals surface area contributed by atoms with Gasteiger partial charge in [0.1, 0.15) is 0 Å². The summed E-state index contributed by atoms with van der Waals surface area (Å²) < 4.78 is 4.82. The van der Waals surface area contributed by atoms with Crippen molar-refractivity contribution in [3.63, 3.8) is 0 Å². The largest absolute Gasteiger partial charge is 0.340 e. The Balaban J connectivity index is 2.05. The molecule has 0 bridgehead atoms. The zero-order valence-electron chi connectivity index (χ0n) is 10.1. The summed E-state index contributed by atoms with van der Waals surface area (Å²) in [7, 11) is 0. The van der Waals surface area contributed by atoms with Gasteiger partial charge in [0.2, 0.25) is 5.89 Å². The van der Waals surface area contributed by atoms with Gasteiger partial charge in [-0.3, -0.25) is 10.1 Å². The predicted octanol–water partition coefficient (Wildman–Crippen LogP) is 2.23. The SMILES string of the molecule is Cc1nc(CNCc2c(Cl)cccc2[N+](=O)[O-])no1. The summed E-state index contributed by atoms with van der Waals surface area (Å²) in [5, 5.41) is 17.9. The van der Waals surface area contributed by atoms with Gasteiger partial charge in [0.25, 0.3) is 5.69 Å². The maximum atomic E-state index is 10.9. The molecule has 0 unspecified atom stereocenters. The third kappa shape index (κ3) is 3.27. The molecule has 1 N–H and O–H groups in total. The van der Waals surface area contributed by atoms with Crippen molar-refractivity contribution in [2.45, 2.75) is 20.0 Å². The van der Waals surface area contributed by atoms with E-state index in [4.69, 9.17) is 16.1 Å². The molecule has 2 rings (SSSR count). The van der Waals surface area contributed by atoms with Crippen LogP contribution in [0.3, 0.4) is 0 Å². The highest BCUT2D eigenvalue weighted by Crippen LogP contribution is 2.25. The molecule has 0 saturated carbocycles. The molecular weight excluding hydrogens is 272 g/mol. The van der Waals surface area contributed by atoms with E-state index >= 15 is 0 Å². The first kappa shape index (κ1) is 13.4. The molecule has 0 spiro atoms. The monoisotopic (exact) mass is 282 g/mol. The first-order valence-electron chi connectivity index (χ1n) is 5.49. The Bertz CT molecular complexity index is 599. The molecule has 0 atom stereocenters. The van der Waals surface area contributed by atoms with E-state index in [0.29, 0.717) is 28.8 Å². The molecule has 2 aromatic rings. The number of nitro benzene ring substituents is 1. The van der Waals surface area contributed by atoms with E-state index in [1.807, 2.05) is 0 Å². The van der Waals surface area contributed by atoms with Crippen LogP contribution in [0, 0.1) is 17.0 Å². The van der Waals surface area contributed by atoms with E-state index in [2.05, 4.69) is 15.5 Å². The molecule has 0 aliphatic heterocycles. The molecule has 0 saturated heterocycles. The van der Waals surface area contributed by atoms with Crippen molar-refractivity contribution in [2.24, 2.45) is 0 Å².